The van der Waals surface area contributed by atoms with Crippen molar-refractivity contribution in [1.29, 1.82) is 0 Å². The fourth-order valence-corrected chi connectivity index (χ4v) is 1.75. The van der Waals surface area contributed by atoms with Gasteiger partial charge in [0.15, 0.2) is 5.78 Å². The van der Waals surface area contributed by atoms with Gasteiger partial charge < -0.3 is 19.0 Å². The second kappa shape index (κ2) is 13.3. The van der Waals surface area contributed by atoms with E-state index in [2.05, 4.69) is 14.2 Å². The van der Waals surface area contributed by atoms with Crippen LogP contribution < -0.4 is 0 Å². The first-order valence-corrected chi connectivity index (χ1v) is 8.00. The monoisotopic (exact) mass is 388 g/mol. The molecule has 1 rings (SSSR count). The predicted molar refractivity (Wildman–Crippen MR) is 89.3 cm³/mol. The van der Waals surface area contributed by atoms with Gasteiger partial charge in [-0.25, -0.2) is 9.59 Å². The third-order valence-electron chi connectivity index (χ3n) is 3.20. The van der Waals surface area contributed by atoms with Gasteiger partial charge in [0.05, 0.1) is 19.1 Å². The largest absolute Gasteiger partial charge is 0.465 e. The van der Waals surface area contributed by atoms with Crippen LogP contribution in [0.3, 0.4) is 0 Å². The van der Waals surface area contributed by atoms with Gasteiger partial charge in [-0.05, 0) is 20.8 Å². The number of hydrogen-bond donors (Lipinski definition) is 0. The fourth-order valence-electron chi connectivity index (χ4n) is 1.75. The van der Waals surface area contributed by atoms with Crippen LogP contribution in [0.4, 0.5) is 0 Å². The van der Waals surface area contributed by atoms with Gasteiger partial charge in [0.2, 0.25) is 17.7 Å². The highest BCUT2D eigenvalue weighted by atomic mass is 16.6. The zero-order chi connectivity index (χ0) is 21.7. The Morgan fingerprint density at radius 1 is 1.07 bits per heavy atom. The van der Waals surface area contributed by atoms with Crippen LogP contribution in [0.25, 0.3) is 0 Å². The quantitative estimate of drug-likeness (QED) is 0.260. The number of Topliss-reactive ketones (excluding diaryl/α,β-unsaturated/α-hetero) is 3. The molecule has 10 nitrogen and oxygen atoms in total. The topological polar surface area (TPSA) is 147 Å². The highest BCUT2D eigenvalue weighted by Crippen LogP contribution is 2.19. The Morgan fingerprint density at radius 3 is 1.89 bits per heavy atom. The Labute approximate surface area is 156 Å². The molecule has 152 valence electrons. The van der Waals surface area contributed by atoms with Crippen LogP contribution in [0.1, 0.15) is 34.6 Å². The summed E-state index contributed by atoms with van der Waals surface area (Å²) >= 11 is 0. The summed E-state index contributed by atoms with van der Waals surface area (Å²) in [6, 6.07) is 0. The van der Waals surface area contributed by atoms with Crippen molar-refractivity contribution in [2.75, 3.05) is 13.2 Å². The second-order valence-electron chi connectivity index (χ2n) is 5.13. The Morgan fingerprint density at radius 2 is 1.56 bits per heavy atom. The zero-order valence-corrected chi connectivity index (χ0v) is 15.9. The SMILES string of the molecule is C=O.CCOC(=O)C(C)C(=O)C(C)=O.CCOC(=O)C1OC(=O)C(=O)C1C. The molecule has 3 atom stereocenters. The first kappa shape index (κ1) is 26.3. The minimum Gasteiger partial charge on any atom is -0.465 e. The van der Waals surface area contributed by atoms with Crippen LogP contribution >= 0.6 is 0 Å². The van der Waals surface area contributed by atoms with Gasteiger partial charge in [-0.1, -0.05) is 6.92 Å². The van der Waals surface area contributed by atoms with Crippen molar-refractivity contribution in [3.8, 4) is 0 Å². The van der Waals surface area contributed by atoms with Crippen LogP contribution in [-0.4, -0.2) is 61.4 Å². The molecule has 0 aliphatic carbocycles. The van der Waals surface area contributed by atoms with Crippen LogP contribution in [0.15, 0.2) is 0 Å². The highest BCUT2D eigenvalue weighted by molar-refractivity contribution is 6.40. The van der Waals surface area contributed by atoms with E-state index in [1.165, 1.54) is 13.8 Å². The van der Waals surface area contributed by atoms with Crippen LogP contribution in [0, 0.1) is 11.8 Å². The fraction of sp³-hybridized carbons (Fsp3) is 0.588. The minimum atomic E-state index is -1.06. The van der Waals surface area contributed by atoms with Gasteiger partial charge in [0.1, 0.15) is 12.7 Å². The lowest BCUT2D eigenvalue weighted by atomic mass is 10.0. The van der Waals surface area contributed by atoms with E-state index in [-0.39, 0.29) is 13.2 Å². The van der Waals surface area contributed by atoms with Crippen molar-refractivity contribution < 1.29 is 47.8 Å². The number of carbonyl (C=O) groups excluding carboxylic acids is 7. The summed E-state index contributed by atoms with van der Waals surface area (Å²) in [7, 11) is 0. The van der Waals surface area contributed by atoms with Gasteiger partial charge in [0.25, 0.3) is 0 Å². The van der Waals surface area contributed by atoms with Gasteiger partial charge in [-0.3, -0.25) is 19.2 Å². The van der Waals surface area contributed by atoms with Gasteiger partial charge in [-0.2, -0.15) is 0 Å². The molecule has 0 radical (unpaired) electrons. The molecule has 0 spiro atoms. The number of esters is 3. The standard InChI is InChI=1S/C8H10O5.C8H12O4.CH2O/c1-3-12-8(11)6-4(2)5(9)7(10)13-6;1-4-12-8(11)5(2)7(10)6(3)9;1-2/h4,6H,3H2,1-2H3;5H,4H2,1-3H3;1H2. The number of cyclic esters (lactones) is 1. The van der Waals surface area contributed by atoms with Crippen molar-refractivity contribution in [3.05, 3.63) is 0 Å². The molecule has 0 amide bonds. The molecular formula is C17H24O10. The maximum absolute atomic E-state index is 11.1. The summed E-state index contributed by atoms with van der Waals surface area (Å²) in [4.78, 5) is 73.1. The normalized spacial score (nSPS) is 18.6. The molecular weight excluding hydrogens is 364 g/mol. The third-order valence-corrected chi connectivity index (χ3v) is 3.20. The molecule has 1 aliphatic heterocycles. The van der Waals surface area contributed by atoms with Crippen molar-refractivity contribution >= 4 is 42.0 Å². The molecule has 0 bridgehead atoms. The molecule has 10 heteroatoms. The third kappa shape index (κ3) is 8.34. The Bertz CT molecular complexity index is 580. The summed E-state index contributed by atoms with van der Waals surface area (Å²) < 4.78 is 13.7. The maximum atomic E-state index is 11.1. The first-order chi connectivity index (χ1) is 12.6. The molecule has 1 aliphatic rings. The van der Waals surface area contributed by atoms with Gasteiger partial charge >= 0.3 is 17.9 Å². The summed E-state index contributed by atoms with van der Waals surface area (Å²) in [5, 5.41) is 0. The summed E-state index contributed by atoms with van der Waals surface area (Å²) in [5.41, 5.74) is 0. The van der Waals surface area contributed by atoms with E-state index in [9.17, 15) is 28.8 Å². The molecule has 3 unspecified atom stereocenters. The molecule has 0 aromatic heterocycles. The lowest BCUT2D eigenvalue weighted by molar-refractivity contribution is -0.162. The smallest absolute Gasteiger partial charge is 0.375 e. The molecule has 1 fully saturated rings. The summed E-state index contributed by atoms with van der Waals surface area (Å²) in [6.07, 6.45) is -1.06. The highest BCUT2D eigenvalue weighted by Gasteiger charge is 2.45. The summed E-state index contributed by atoms with van der Waals surface area (Å²) in [6.45, 7) is 9.67. The Hall–Kier alpha value is -2.91. The minimum absolute atomic E-state index is 0.202. The van der Waals surface area contributed by atoms with Crippen molar-refractivity contribution in [2.45, 2.75) is 40.7 Å². The average Bonchev–Trinajstić information content (AvgIpc) is 2.90. The molecule has 0 N–H and O–H groups in total. The van der Waals surface area contributed by atoms with Gasteiger partial charge in [-0.15, -0.1) is 0 Å². The van der Waals surface area contributed by atoms with E-state index >= 15 is 0 Å². The van der Waals surface area contributed by atoms with E-state index in [1.807, 2.05) is 6.79 Å². The molecule has 0 aromatic rings. The number of ether oxygens (including phenoxy) is 3. The molecule has 1 heterocycles. The van der Waals surface area contributed by atoms with E-state index < -0.39 is 53.2 Å². The molecule has 27 heavy (non-hydrogen) atoms. The van der Waals surface area contributed by atoms with E-state index in [4.69, 9.17) is 4.79 Å². The average molecular weight is 388 g/mol. The number of carbonyl (C=O) groups is 7. The van der Waals surface area contributed by atoms with Crippen molar-refractivity contribution in [2.24, 2.45) is 11.8 Å². The van der Waals surface area contributed by atoms with Crippen molar-refractivity contribution in [3.63, 3.8) is 0 Å². The zero-order valence-electron chi connectivity index (χ0n) is 15.9. The Balaban J connectivity index is 0. The number of rotatable bonds is 6. The molecule has 1 saturated heterocycles. The van der Waals surface area contributed by atoms with E-state index in [1.54, 1.807) is 13.8 Å². The molecule has 0 saturated carbocycles. The number of hydrogen-bond acceptors (Lipinski definition) is 10. The lowest BCUT2D eigenvalue weighted by Crippen LogP contribution is -2.28. The lowest BCUT2D eigenvalue weighted by Gasteiger charge is -2.10. The van der Waals surface area contributed by atoms with Crippen molar-refractivity contribution in [1.82, 2.24) is 0 Å². The first-order valence-electron chi connectivity index (χ1n) is 8.00. The predicted octanol–water partition coefficient (Wildman–Crippen LogP) is -0.161. The Kier molecular flexibility index (Phi) is 13.0. The van der Waals surface area contributed by atoms with E-state index in [0.29, 0.717) is 0 Å². The van der Waals surface area contributed by atoms with E-state index in [0.717, 1.165) is 6.92 Å². The number of ketones is 3. The second-order valence-corrected chi connectivity index (χ2v) is 5.13. The summed E-state index contributed by atoms with van der Waals surface area (Å²) in [5.74, 6) is -5.94. The van der Waals surface area contributed by atoms with Crippen LogP contribution in [0.2, 0.25) is 0 Å². The molecule has 0 aromatic carbocycles. The van der Waals surface area contributed by atoms with Crippen LogP contribution in [-0.2, 0) is 47.8 Å². The van der Waals surface area contributed by atoms with Crippen LogP contribution in [0.5, 0.6) is 0 Å². The van der Waals surface area contributed by atoms with Gasteiger partial charge in [0, 0.05) is 6.92 Å². The maximum Gasteiger partial charge on any atom is 0.375 e.